The summed E-state index contributed by atoms with van der Waals surface area (Å²) in [5.74, 6) is -0.493. The molecule has 0 saturated carbocycles. The molecule has 0 bridgehead atoms. The summed E-state index contributed by atoms with van der Waals surface area (Å²) in [6, 6.07) is 6.14. The molecule has 8 nitrogen and oxygen atoms in total. The highest BCUT2D eigenvalue weighted by Gasteiger charge is 2.45. The maximum atomic E-state index is 14.9. The Bertz CT molecular complexity index is 1230. The Balaban J connectivity index is 1.74. The first-order valence-electron chi connectivity index (χ1n) is 9.85. The van der Waals surface area contributed by atoms with Crippen LogP contribution in [0.15, 0.2) is 30.6 Å². The Hall–Kier alpha value is -2.85. The van der Waals surface area contributed by atoms with Crippen LogP contribution in [-0.4, -0.2) is 61.9 Å². The molecular weight excluding hydrogens is 455 g/mol. The van der Waals surface area contributed by atoms with E-state index in [9.17, 15) is 14.0 Å². The second kappa shape index (κ2) is 8.25. The van der Waals surface area contributed by atoms with E-state index in [2.05, 4.69) is 10.1 Å². The number of benzene rings is 1. The molecule has 4 rings (SSSR count). The van der Waals surface area contributed by atoms with Crippen molar-refractivity contribution in [1.29, 1.82) is 0 Å². The second-order valence-corrected chi connectivity index (χ2v) is 9.22. The summed E-state index contributed by atoms with van der Waals surface area (Å²) >= 11 is 7.73. The highest BCUT2D eigenvalue weighted by atomic mass is 35.5. The van der Waals surface area contributed by atoms with Gasteiger partial charge in [0.05, 0.1) is 22.2 Å². The van der Waals surface area contributed by atoms with E-state index in [0.717, 1.165) is 0 Å². The van der Waals surface area contributed by atoms with Gasteiger partial charge in [0.15, 0.2) is 5.82 Å². The molecular formula is C21H22ClFN6O2S. The number of nitrogens with zero attached hydrogens (tertiary/aromatic N) is 5. The summed E-state index contributed by atoms with van der Waals surface area (Å²) in [4.78, 5) is 32.7. The minimum absolute atomic E-state index is 0.115. The molecule has 11 heteroatoms. The molecule has 0 radical (unpaired) electrons. The monoisotopic (exact) mass is 476 g/mol. The Labute approximate surface area is 193 Å². The van der Waals surface area contributed by atoms with Crippen LogP contribution in [0, 0.1) is 5.82 Å². The van der Waals surface area contributed by atoms with Crippen LogP contribution >= 0.6 is 23.4 Å². The number of nitrogens with two attached hydrogens (primary N) is 1. The largest absolute Gasteiger partial charge is 0.382 e. The molecule has 0 aliphatic carbocycles. The van der Waals surface area contributed by atoms with Gasteiger partial charge in [0.25, 0.3) is 5.91 Å². The molecule has 1 saturated heterocycles. The Morgan fingerprint density at radius 2 is 2.06 bits per heavy atom. The lowest BCUT2D eigenvalue weighted by Crippen LogP contribution is -2.65. The molecule has 3 aromatic rings. The van der Waals surface area contributed by atoms with Gasteiger partial charge in [0.2, 0.25) is 5.91 Å². The van der Waals surface area contributed by atoms with Crippen molar-refractivity contribution >= 4 is 52.2 Å². The van der Waals surface area contributed by atoms with Crippen molar-refractivity contribution in [3.8, 4) is 11.3 Å². The fourth-order valence-electron chi connectivity index (χ4n) is 4.00. The number of amides is 2. The van der Waals surface area contributed by atoms with Crippen LogP contribution in [-0.2, 0) is 9.59 Å². The van der Waals surface area contributed by atoms with Crippen molar-refractivity contribution in [3.63, 3.8) is 0 Å². The van der Waals surface area contributed by atoms with Gasteiger partial charge in [0.1, 0.15) is 23.2 Å². The predicted octanol–water partition coefficient (Wildman–Crippen LogP) is 3.09. The van der Waals surface area contributed by atoms with Crippen LogP contribution in [0.25, 0.3) is 16.8 Å². The summed E-state index contributed by atoms with van der Waals surface area (Å²) in [5.41, 5.74) is 6.60. The van der Waals surface area contributed by atoms with E-state index in [1.807, 2.05) is 6.26 Å². The number of thioether (sulfide) groups is 1. The molecule has 1 aliphatic heterocycles. The number of anilines is 2. The minimum Gasteiger partial charge on any atom is -0.382 e. The van der Waals surface area contributed by atoms with E-state index in [0.29, 0.717) is 28.3 Å². The minimum atomic E-state index is -1.10. The third kappa shape index (κ3) is 3.57. The number of hydrogen-bond acceptors (Lipinski definition) is 6. The highest BCUT2D eigenvalue weighted by Crippen LogP contribution is 2.35. The molecule has 2 amide bonds. The Kier molecular flexibility index (Phi) is 5.76. The number of halogens is 2. The summed E-state index contributed by atoms with van der Waals surface area (Å²) in [7, 11) is 0. The van der Waals surface area contributed by atoms with E-state index < -0.39 is 11.4 Å². The van der Waals surface area contributed by atoms with Gasteiger partial charge < -0.3 is 15.5 Å². The number of carbonyl (C=O) groups is 2. The first-order valence-corrected chi connectivity index (χ1v) is 11.6. The number of carbonyl (C=O) groups excluding carboxylic acids is 2. The van der Waals surface area contributed by atoms with Crippen LogP contribution in [0.3, 0.4) is 0 Å². The van der Waals surface area contributed by atoms with E-state index in [1.54, 1.807) is 36.9 Å². The van der Waals surface area contributed by atoms with Crippen molar-refractivity contribution in [2.75, 3.05) is 35.7 Å². The lowest BCUT2D eigenvalue weighted by atomic mass is 9.96. The van der Waals surface area contributed by atoms with E-state index >= 15 is 0 Å². The van der Waals surface area contributed by atoms with Gasteiger partial charge in [0, 0.05) is 18.7 Å². The van der Waals surface area contributed by atoms with Crippen LogP contribution in [0.1, 0.15) is 13.8 Å². The Morgan fingerprint density at radius 1 is 1.31 bits per heavy atom. The normalized spacial score (nSPS) is 16.1. The molecule has 1 fully saturated rings. The highest BCUT2D eigenvalue weighted by molar-refractivity contribution is 7.99. The van der Waals surface area contributed by atoms with E-state index in [1.165, 1.54) is 33.6 Å². The standard InChI is InChI=1S/C21H22ClFN6O2S/c1-21(2)20(31)27(6-7-28(21)17(30)10-32-3)16-8-12(4-5-14(16)23)15-9-13(22)18-19(24)25-11-26-29(15)18/h4-5,8-9,11H,6-7,10H2,1-3H3,(H2,24,25,26). The van der Waals surface area contributed by atoms with Gasteiger partial charge in [-0.2, -0.15) is 16.9 Å². The first kappa shape index (κ1) is 22.3. The van der Waals surface area contributed by atoms with Crippen LogP contribution in [0.4, 0.5) is 15.9 Å². The zero-order valence-electron chi connectivity index (χ0n) is 17.8. The third-order valence-electron chi connectivity index (χ3n) is 5.63. The van der Waals surface area contributed by atoms with Crippen molar-refractivity contribution in [3.05, 3.63) is 41.4 Å². The van der Waals surface area contributed by atoms with Gasteiger partial charge in [-0.1, -0.05) is 11.6 Å². The number of aromatic nitrogens is 3. The fraction of sp³-hybridized carbons (Fsp3) is 0.333. The zero-order chi connectivity index (χ0) is 23.2. The second-order valence-electron chi connectivity index (χ2n) is 7.94. The quantitative estimate of drug-likeness (QED) is 0.621. The number of piperazine rings is 1. The van der Waals surface area contributed by atoms with E-state index in [4.69, 9.17) is 17.3 Å². The van der Waals surface area contributed by atoms with Gasteiger partial charge >= 0.3 is 0 Å². The summed E-state index contributed by atoms with van der Waals surface area (Å²) in [6.07, 6.45) is 3.14. The van der Waals surface area contributed by atoms with Crippen molar-refractivity contribution in [1.82, 2.24) is 19.5 Å². The molecule has 3 heterocycles. The van der Waals surface area contributed by atoms with Crippen LogP contribution in [0.5, 0.6) is 0 Å². The topological polar surface area (TPSA) is 96.8 Å². The molecule has 2 N–H and O–H groups in total. The maximum absolute atomic E-state index is 14.9. The number of nitrogen functional groups attached to an aromatic ring is 1. The Morgan fingerprint density at radius 3 is 2.78 bits per heavy atom. The van der Waals surface area contributed by atoms with Gasteiger partial charge in [-0.05, 0) is 44.4 Å². The lowest BCUT2D eigenvalue weighted by molar-refractivity contribution is -0.145. The number of hydrogen-bond donors (Lipinski definition) is 1. The molecule has 0 spiro atoms. The third-order valence-corrected chi connectivity index (χ3v) is 6.45. The summed E-state index contributed by atoms with van der Waals surface area (Å²) in [5, 5.41) is 4.57. The average molecular weight is 477 g/mol. The zero-order valence-corrected chi connectivity index (χ0v) is 19.4. The predicted molar refractivity (Wildman–Crippen MR) is 124 cm³/mol. The SMILES string of the molecule is CSCC(=O)N1CCN(c2cc(-c3cc(Cl)c4c(N)ncnn34)ccc2F)C(=O)C1(C)C. The van der Waals surface area contributed by atoms with Crippen LogP contribution < -0.4 is 10.6 Å². The molecule has 0 unspecified atom stereocenters. The van der Waals surface area contributed by atoms with Crippen molar-refractivity contribution in [2.24, 2.45) is 0 Å². The van der Waals surface area contributed by atoms with Gasteiger partial charge in [-0.3, -0.25) is 9.59 Å². The van der Waals surface area contributed by atoms with Crippen molar-refractivity contribution in [2.45, 2.75) is 19.4 Å². The average Bonchev–Trinajstić information content (AvgIpc) is 3.08. The van der Waals surface area contributed by atoms with Gasteiger partial charge in [-0.25, -0.2) is 13.9 Å². The first-order chi connectivity index (χ1) is 15.2. The molecule has 1 aliphatic rings. The summed E-state index contributed by atoms with van der Waals surface area (Å²) < 4.78 is 16.4. The van der Waals surface area contributed by atoms with Crippen LogP contribution in [0.2, 0.25) is 5.02 Å². The smallest absolute Gasteiger partial charge is 0.252 e. The molecule has 0 atom stereocenters. The number of rotatable bonds is 4. The summed E-state index contributed by atoms with van der Waals surface area (Å²) in [6.45, 7) is 3.86. The molecule has 2 aromatic heterocycles. The molecule has 1 aromatic carbocycles. The van der Waals surface area contributed by atoms with Gasteiger partial charge in [-0.15, -0.1) is 0 Å². The number of fused-ring (bicyclic) bond motifs is 1. The lowest BCUT2D eigenvalue weighted by Gasteiger charge is -2.46. The molecule has 168 valence electrons. The van der Waals surface area contributed by atoms with E-state index in [-0.39, 0.29) is 35.6 Å². The molecule has 32 heavy (non-hydrogen) atoms. The fourth-order valence-corrected chi connectivity index (χ4v) is 4.68. The maximum Gasteiger partial charge on any atom is 0.252 e. The van der Waals surface area contributed by atoms with Crippen molar-refractivity contribution < 1.29 is 14.0 Å².